The summed E-state index contributed by atoms with van der Waals surface area (Å²) in [6.45, 7) is -0.795. The number of nitriles is 1. The van der Waals surface area contributed by atoms with Crippen molar-refractivity contribution in [2.75, 3.05) is 21.3 Å². The molecule has 8 fully saturated rings. The third-order valence-electron chi connectivity index (χ3n) is 16.4. The molecule has 0 spiro atoms. The lowest BCUT2D eigenvalue weighted by atomic mass is 9.54. The molecular formula is C63H66NO10P. The van der Waals surface area contributed by atoms with Gasteiger partial charge >= 0.3 is 11.6 Å². The second-order valence-electron chi connectivity index (χ2n) is 20.9. The Balaban J connectivity index is 0.000000134. The summed E-state index contributed by atoms with van der Waals surface area (Å²) < 4.78 is 21.9. The number of ether oxygens (including phenoxy) is 3. The van der Waals surface area contributed by atoms with Gasteiger partial charge in [-0.1, -0.05) is 91.0 Å². The molecule has 11 nitrogen and oxygen atoms in total. The molecule has 5 aromatic carbocycles. The second kappa shape index (κ2) is 23.1. The van der Waals surface area contributed by atoms with Gasteiger partial charge in [0.25, 0.3) is 0 Å². The number of hydrogen-bond acceptors (Lipinski definition) is 11. The second-order valence-corrected chi connectivity index (χ2v) is 24.1. The Morgan fingerprint density at radius 1 is 0.587 bits per heavy atom. The molecule has 0 saturated heterocycles. The highest BCUT2D eigenvalue weighted by Gasteiger charge is 2.48. The Morgan fingerprint density at radius 3 is 1.39 bits per heavy atom. The smallest absolute Gasteiger partial charge is 0.336 e. The number of aldehydes is 1. The average Bonchev–Trinajstić information content (AvgIpc) is 3.42. The Bertz CT molecular complexity index is 3100. The maximum absolute atomic E-state index is 12.3. The number of hydrogen-bond donors (Lipinski definition) is 3. The first kappa shape index (κ1) is 52.6. The van der Waals surface area contributed by atoms with E-state index in [1.54, 1.807) is 38.2 Å². The van der Waals surface area contributed by atoms with Crippen molar-refractivity contribution < 1.29 is 43.5 Å². The van der Waals surface area contributed by atoms with Gasteiger partial charge in [-0.2, -0.15) is 5.26 Å². The van der Waals surface area contributed by atoms with Crippen molar-refractivity contribution in [3.63, 3.8) is 0 Å². The van der Waals surface area contributed by atoms with E-state index in [4.69, 9.17) is 23.9 Å². The van der Waals surface area contributed by atoms with Crippen molar-refractivity contribution in [2.24, 2.45) is 47.3 Å². The molecule has 75 heavy (non-hydrogen) atoms. The van der Waals surface area contributed by atoms with Crippen LogP contribution in [0.2, 0.25) is 0 Å². The summed E-state index contributed by atoms with van der Waals surface area (Å²) in [5.74, 6) is 8.53. The standard InChI is InChI=1S/C21H22O4.C21H19O2P.C19H22O4.C2H3N/c1-24-21(20-13-5-11-4-12(7-13)8-14(20)6-11)17-9-15(22)10-18-16(17)2-3-19(23)25-18;1-23-21(22)17-24(18-11-5-2-6-12-18,19-13-7-3-8-14-19)20-15-9-4-10-16-20;1-23-19(15-7-14(21)8-17(22)16(15)9-20)18-12-3-10-2-11(5-12)6-13(18)4-10;1-2-3/h2-3,9-14,22H,4-8H2,1H3;2-17H,1H3;7-13,21-22H,2-6H2,1H3;1H3. The van der Waals surface area contributed by atoms with Crippen LogP contribution in [-0.2, 0) is 19.0 Å². The number of carbonyl (C=O) groups excluding carboxylic acids is 2. The van der Waals surface area contributed by atoms with E-state index < -0.39 is 12.5 Å². The van der Waals surface area contributed by atoms with Crippen molar-refractivity contribution in [3.05, 3.63) is 166 Å². The minimum absolute atomic E-state index is 0.0536. The number of phenols is 3. The summed E-state index contributed by atoms with van der Waals surface area (Å²) in [6, 6.07) is 41.5. The molecule has 0 radical (unpaired) electrons. The number of allylic oxidation sites excluding steroid dienone is 2. The fourth-order valence-electron chi connectivity index (χ4n) is 14.0. The molecule has 6 aromatic rings. The predicted octanol–water partition coefficient (Wildman–Crippen LogP) is 11.5. The van der Waals surface area contributed by atoms with Gasteiger partial charge < -0.3 is 33.9 Å². The Hall–Kier alpha value is -7.28. The molecule has 12 heteroatoms. The van der Waals surface area contributed by atoms with Crippen LogP contribution in [-0.4, -0.2) is 54.7 Å². The normalized spacial score (nSPS) is 23.2. The van der Waals surface area contributed by atoms with Gasteiger partial charge in [0.1, 0.15) is 34.3 Å². The summed E-state index contributed by atoms with van der Waals surface area (Å²) in [6.07, 6.45) is 13.3. The van der Waals surface area contributed by atoms with Crippen molar-refractivity contribution >= 4 is 63.3 Å². The van der Waals surface area contributed by atoms with Gasteiger partial charge in [-0.25, -0.2) is 9.59 Å². The third-order valence-corrected chi connectivity index (χ3v) is 20.4. The minimum atomic E-state index is -2.23. The lowest BCUT2D eigenvalue weighted by Crippen LogP contribution is -2.41. The summed E-state index contributed by atoms with van der Waals surface area (Å²) in [7, 11) is 4.75. The predicted molar refractivity (Wildman–Crippen MR) is 296 cm³/mol. The van der Waals surface area contributed by atoms with Crippen molar-refractivity contribution in [1.29, 1.82) is 5.26 Å². The highest BCUT2D eigenvalue weighted by molar-refractivity contribution is 7.95. The minimum Gasteiger partial charge on any atom is -0.508 e. The first-order valence-electron chi connectivity index (χ1n) is 26.1. The van der Waals surface area contributed by atoms with Crippen LogP contribution in [0.3, 0.4) is 0 Å². The lowest BCUT2D eigenvalue weighted by molar-refractivity contribution is -0.132. The van der Waals surface area contributed by atoms with Gasteiger partial charge in [0.15, 0.2) is 6.29 Å². The topological polar surface area (TPSA) is 177 Å². The molecular weight excluding hydrogens is 962 g/mol. The van der Waals surface area contributed by atoms with Gasteiger partial charge in [-0.3, -0.25) is 4.79 Å². The van der Waals surface area contributed by atoms with E-state index >= 15 is 0 Å². The molecule has 0 atom stereocenters. The Morgan fingerprint density at radius 2 is 0.987 bits per heavy atom. The van der Waals surface area contributed by atoms with Crippen LogP contribution in [0.15, 0.2) is 148 Å². The van der Waals surface area contributed by atoms with Crippen LogP contribution < -0.4 is 21.5 Å². The molecule has 1 heterocycles. The Labute approximate surface area is 439 Å². The largest absolute Gasteiger partial charge is 0.508 e. The fraction of sp³-hybridized carbons (Fsp3) is 0.349. The first-order chi connectivity index (χ1) is 36.4. The van der Waals surface area contributed by atoms with Crippen molar-refractivity contribution in [3.8, 4) is 23.3 Å². The van der Waals surface area contributed by atoms with E-state index in [0.717, 1.165) is 56.3 Å². The number of aromatic hydroxyl groups is 3. The summed E-state index contributed by atoms with van der Waals surface area (Å²) in [4.78, 5) is 35.3. The maximum atomic E-state index is 12.3. The van der Waals surface area contributed by atoms with Crippen LogP contribution in [0.4, 0.5) is 0 Å². The fourth-order valence-corrected chi connectivity index (χ4v) is 17.7. The Kier molecular flexibility index (Phi) is 16.2. The van der Waals surface area contributed by atoms with E-state index in [1.165, 1.54) is 114 Å². The van der Waals surface area contributed by atoms with Crippen molar-refractivity contribution in [1.82, 2.24) is 0 Å². The number of phenolic OH excluding ortho intramolecular Hbond substituents is 3. The molecule has 8 saturated carbocycles. The quantitative estimate of drug-likeness (QED) is 0.0413. The number of esters is 1. The van der Waals surface area contributed by atoms with E-state index in [2.05, 4.69) is 36.4 Å². The van der Waals surface area contributed by atoms with E-state index in [-0.39, 0.29) is 28.8 Å². The van der Waals surface area contributed by atoms with Gasteiger partial charge in [0.2, 0.25) is 0 Å². The van der Waals surface area contributed by atoms with Crippen LogP contribution in [0, 0.1) is 58.7 Å². The van der Waals surface area contributed by atoms with Gasteiger partial charge in [-0.15, -0.1) is 0 Å². The highest BCUT2D eigenvalue weighted by atomic mass is 31.2. The number of methoxy groups -OCH3 is 3. The van der Waals surface area contributed by atoms with Crippen LogP contribution >= 0.6 is 6.89 Å². The van der Waals surface area contributed by atoms with E-state index in [1.807, 2.05) is 54.6 Å². The molecule has 0 unspecified atom stereocenters. The summed E-state index contributed by atoms with van der Waals surface area (Å²) >= 11 is 0. The average molecular weight is 1030 g/mol. The molecule has 8 bridgehead atoms. The van der Waals surface area contributed by atoms with E-state index in [9.17, 15) is 29.7 Å². The monoisotopic (exact) mass is 1030 g/mol. The highest BCUT2D eigenvalue weighted by Crippen LogP contribution is 2.60. The molecule has 0 aliphatic heterocycles. The van der Waals surface area contributed by atoms with Crippen LogP contribution in [0.1, 0.15) is 92.6 Å². The maximum Gasteiger partial charge on any atom is 0.336 e. The number of nitrogens with zero attached hydrogens (tertiary/aromatic N) is 1. The number of carbonyl (C=O) groups is 2. The SMILES string of the molecule is CC#N.COC(=C1C2CC3CC(C2)CC1C3)c1cc(O)cc(O)c1C=O.COC(=C1C2CC3CC(C2)CC1C3)c1cc(O)cc2oc(=O)ccc12.COC(=O)C=P(c1ccccc1)(c1ccccc1)c1ccccc1. The van der Waals surface area contributed by atoms with E-state index in [0.29, 0.717) is 46.9 Å². The van der Waals surface area contributed by atoms with Crippen LogP contribution in [0.5, 0.6) is 17.2 Å². The number of benzene rings is 5. The third kappa shape index (κ3) is 10.8. The zero-order chi connectivity index (χ0) is 52.8. The summed E-state index contributed by atoms with van der Waals surface area (Å²) in [5, 5.41) is 41.5. The molecule has 0 amide bonds. The zero-order valence-electron chi connectivity index (χ0n) is 43.1. The van der Waals surface area contributed by atoms with Gasteiger partial charge in [0, 0.05) is 47.4 Å². The van der Waals surface area contributed by atoms with Gasteiger partial charge in [-0.05, 0) is 164 Å². The molecule has 14 rings (SSSR count). The first-order valence-corrected chi connectivity index (χ1v) is 27.9. The number of rotatable bonds is 9. The lowest BCUT2D eigenvalue weighted by Gasteiger charge is -2.51. The zero-order valence-corrected chi connectivity index (χ0v) is 44.0. The molecule has 8 aliphatic carbocycles. The van der Waals surface area contributed by atoms with Crippen LogP contribution in [0.25, 0.3) is 22.5 Å². The molecule has 1 aromatic heterocycles. The van der Waals surface area contributed by atoms with Gasteiger partial charge in [0.05, 0.1) is 33.0 Å². The molecule has 8 aliphatic rings. The van der Waals surface area contributed by atoms with Crippen molar-refractivity contribution in [2.45, 2.75) is 71.1 Å². The number of fused-ring (bicyclic) bond motifs is 1. The molecule has 388 valence electrons. The molecule has 3 N–H and O–H groups in total. The summed E-state index contributed by atoms with van der Waals surface area (Å²) in [5.41, 5.74) is 4.26.